The van der Waals surface area contributed by atoms with Gasteiger partial charge >= 0.3 is 0 Å². The molecule has 0 radical (unpaired) electrons. The number of aliphatic hydroxyl groups is 1. The number of hydrogen-bond donors (Lipinski definition) is 3. The van der Waals surface area contributed by atoms with Crippen LogP contribution in [0.25, 0.3) is 11.3 Å². The fourth-order valence-electron chi connectivity index (χ4n) is 5.30. The van der Waals surface area contributed by atoms with Crippen LogP contribution in [0.2, 0.25) is 0 Å². The highest BCUT2D eigenvalue weighted by molar-refractivity contribution is 6.04. The van der Waals surface area contributed by atoms with E-state index in [0.29, 0.717) is 65.3 Å². The Morgan fingerprint density at radius 1 is 1.23 bits per heavy atom. The average Bonchev–Trinajstić information content (AvgIpc) is 3.27. The monoisotopic (exact) mass is 483 g/mol. The van der Waals surface area contributed by atoms with Gasteiger partial charge < -0.3 is 30.5 Å². The lowest BCUT2D eigenvalue weighted by molar-refractivity contribution is -0.127. The van der Waals surface area contributed by atoms with Crippen molar-refractivity contribution in [3.05, 3.63) is 35.9 Å². The molecule has 2 aromatic rings. The minimum absolute atomic E-state index is 0.0459. The van der Waals surface area contributed by atoms with E-state index in [1.54, 1.807) is 19.1 Å². The van der Waals surface area contributed by atoms with Gasteiger partial charge in [0.25, 0.3) is 5.91 Å². The van der Waals surface area contributed by atoms with Crippen LogP contribution in [0.5, 0.6) is 11.5 Å². The average molecular weight is 484 g/mol. The lowest BCUT2D eigenvalue weighted by Crippen LogP contribution is -2.41. The largest absolute Gasteiger partial charge is 0.496 e. The van der Waals surface area contributed by atoms with E-state index in [-0.39, 0.29) is 11.9 Å². The van der Waals surface area contributed by atoms with Gasteiger partial charge in [0.1, 0.15) is 28.6 Å². The molecule has 1 fully saturated rings. The molecule has 35 heavy (non-hydrogen) atoms. The molecule has 2 aliphatic rings. The number of rotatable bonds is 7. The summed E-state index contributed by atoms with van der Waals surface area (Å²) in [6, 6.07) is 3.54. The van der Waals surface area contributed by atoms with Gasteiger partial charge in [0.2, 0.25) is 5.91 Å². The van der Waals surface area contributed by atoms with Crippen LogP contribution in [0.3, 0.4) is 0 Å². The highest BCUT2D eigenvalue weighted by Crippen LogP contribution is 2.43. The fourth-order valence-corrected chi connectivity index (χ4v) is 5.30. The highest BCUT2D eigenvalue weighted by atomic mass is 16.5. The number of carbonyl (C=O) groups excluding carboxylic acids is 2. The first kappa shape index (κ1) is 24.6. The van der Waals surface area contributed by atoms with Crippen LogP contribution < -0.4 is 20.5 Å². The Hall–Kier alpha value is -3.53. The third-order valence-corrected chi connectivity index (χ3v) is 7.01. The van der Waals surface area contributed by atoms with Gasteiger partial charge in [-0.2, -0.15) is 5.10 Å². The third kappa shape index (κ3) is 4.45. The molecule has 1 saturated heterocycles. The molecule has 2 unspecified atom stereocenters. The molecule has 2 amide bonds. The number of aromatic nitrogens is 2. The highest BCUT2D eigenvalue weighted by Gasteiger charge is 2.36. The molecule has 4 N–H and O–H groups in total. The number of nitrogens with two attached hydrogens (primary N) is 1. The SMILES string of the molecule is C=CC(=O)N1CCC(C2CCNc3c(C(N)=O)c(-c4cc(OC)c(C(C)O)c(OC)c4)nn32)CC1. The number of fused-ring (bicyclic) bond motifs is 1. The summed E-state index contributed by atoms with van der Waals surface area (Å²) in [5, 5.41) is 18.4. The van der Waals surface area contributed by atoms with E-state index in [9.17, 15) is 14.7 Å². The van der Waals surface area contributed by atoms with Crippen LogP contribution in [0.4, 0.5) is 5.82 Å². The minimum atomic E-state index is -0.815. The van der Waals surface area contributed by atoms with Crippen LogP contribution in [0, 0.1) is 5.92 Å². The van der Waals surface area contributed by atoms with Crippen molar-refractivity contribution in [3.63, 3.8) is 0 Å². The Bertz CT molecular complexity index is 1110. The molecule has 0 aliphatic carbocycles. The molecule has 1 aromatic carbocycles. The number of primary amides is 1. The Balaban J connectivity index is 1.76. The number of hydrogen-bond acceptors (Lipinski definition) is 7. The normalized spacial score (nSPS) is 18.9. The number of aliphatic hydroxyl groups excluding tert-OH is 1. The van der Waals surface area contributed by atoms with E-state index in [0.717, 1.165) is 19.3 Å². The molecule has 10 nitrogen and oxygen atoms in total. The minimum Gasteiger partial charge on any atom is -0.496 e. The summed E-state index contributed by atoms with van der Waals surface area (Å²) in [4.78, 5) is 26.4. The molecule has 188 valence electrons. The molecular formula is C25H33N5O5. The number of methoxy groups -OCH3 is 2. The second kappa shape index (κ2) is 9.99. The number of piperidine rings is 1. The second-order valence-corrected chi connectivity index (χ2v) is 9.00. The van der Waals surface area contributed by atoms with E-state index in [4.69, 9.17) is 20.3 Å². The van der Waals surface area contributed by atoms with Crippen molar-refractivity contribution in [2.75, 3.05) is 39.2 Å². The van der Waals surface area contributed by atoms with E-state index in [1.165, 1.54) is 20.3 Å². The van der Waals surface area contributed by atoms with E-state index < -0.39 is 12.0 Å². The second-order valence-electron chi connectivity index (χ2n) is 9.00. The predicted octanol–water partition coefficient (Wildman–Crippen LogP) is 2.50. The third-order valence-electron chi connectivity index (χ3n) is 7.01. The summed E-state index contributed by atoms with van der Waals surface area (Å²) in [5.41, 5.74) is 7.70. The standard InChI is InChI=1S/C25H33N5O5/c1-5-20(32)29-10-7-15(8-11-29)17-6-9-27-25-22(24(26)33)23(28-30(17)25)16-12-18(34-3)21(14(2)31)19(13-16)35-4/h5,12-15,17,27,31H,1,6-11H2,2-4H3,(H2,26,33). The van der Waals surface area contributed by atoms with Crippen molar-refractivity contribution in [3.8, 4) is 22.8 Å². The maximum absolute atomic E-state index is 12.6. The van der Waals surface area contributed by atoms with Gasteiger partial charge in [-0.25, -0.2) is 4.68 Å². The zero-order valence-electron chi connectivity index (χ0n) is 20.4. The van der Waals surface area contributed by atoms with E-state index >= 15 is 0 Å². The first-order valence-corrected chi connectivity index (χ1v) is 11.8. The summed E-state index contributed by atoms with van der Waals surface area (Å²) >= 11 is 0. The summed E-state index contributed by atoms with van der Waals surface area (Å²) in [6.45, 7) is 7.24. The lowest BCUT2D eigenvalue weighted by Gasteiger charge is -2.38. The van der Waals surface area contributed by atoms with Gasteiger partial charge in [0.05, 0.1) is 31.9 Å². The number of anilines is 1. The maximum atomic E-state index is 12.6. The fraction of sp³-hybridized carbons (Fsp3) is 0.480. The molecule has 0 spiro atoms. The number of nitrogens with zero attached hydrogens (tertiary/aromatic N) is 3. The van der Waals surface area contributed by atoms with Crippen molar-refractivity contribution in [2.45, 2.75) is 38.3 Å². The van der Waals surface area contributed by atoms with Crippen molar-refractivity contribution in [1.29, 1.82) is 0 Å². The number of amides is 2. The summed E-state index contributed by atoms with van der Waals surface area (Å²) in [6.07, 6.45) is 3.07. The topological polar surface area (TPSA) is 132 Å². The molecule has 1 aromatic heterocycles. The number of carbonyl (C=O) groups is 2. The lowest BCUT2D eigenvalue weighted by atomic mass is 9.87. The number of ether oxygens (including phenoxy) is 2. The van der Waals surface area contributed by atoms with Crippen molar-refractivity contribution < 1.29 is 24.2 Å². The van der Waals surface area contributed by atoms with Gasteiger partial charge in [-0.3, -0.25) is 9.59 Å². The van der Waals surface area contributed by atoms with Gasteiger partial charge in [-0.1, -0.05) is 6.58 Å². The van der Waals surface area contributed by atoms with E-state index in [2.05, 4.69) is 11.9 Å². The van der Waals surface area contributed by atoms with Crippen LogP contribution in [0.1, 0.15) is 54.3 Å². The van der Waals surface area contributed by atoms with Crippen LogP contribution >= 0.6 is 0 Å². The molecule has 2 aliphatic heterocycles. The Morgan fingerprint density at radius 3 is 2.37 bits per heavy atom. The molecule has 0 bridgehead atoms. The molecule has 3 heterocycles. The van der Waals surface area contributed by atoms with Crippen LogP contribution in [0.15, 0.2) is 24.8 Å². The summed E-state index contributed by atoms with van der Waals surface area (Å²) < 4.78 is 12.9. The Kier molecular flexibility index (Phi) is 7.02. The van der Waals surface area contributed by atoms with Gasteiger partial charge in [-0.05, 0) is 50.3 Å². The zero-order valence-corrected chi connectivity index (χ0v) is 20.4. The van der Waals surface area contributed by atoms with Crippen LogP contribution in [-0.2, 0) is 4.79 Å². The zero-order chi connectivity index (χ0) is 25.3. The number of nitrogens with one attached hydrogen (secondary N) is 1. The quantitative estimate of drug-likeness (QED) is 0.516. The van der Waals surface area contributed by atoms with Crippen LogP contribution in [-0.4, -0.2) is 65.5 Å². The van der Waals surface area contributed by atoms with Gasteiger partial charge in [-0.15, -0.1) is 0 Å². The van der Waals surface area contributed by atoms with Crippen molar-refractivity contribution in [2.24, 2.45) is 11.7 Å². The van der Waals surface area contributed by atoms with Gasteiger partial charge in [0, 0.05) is 25.2 Å². The smallest absolute Gasteiger partial charge is 0.254 e. The maximum Gasteiger partial charge on any atom is 0.254 e. The van der Waals surface area contributed by atoms with E-state index in [1.807, 2.05) is 9.58 Å². The predicted molar refractivity (Wildman–Crippen MR) is 132 cm³/mol. The summed E-state index contributed by atoms with van der Waals surface area (Å²) in [5.74, 6) is 1.14. The van der Waals surface area contributed by atoms with Gasteiger partial charge in [0.15, 0.2) is 0 Å². The number of benzene rings is 1. The Labute approximate surface area is 204 Å². The molecule has 2 atom stereocenters. The molecule has 0 saturated carbocycles. The first-order valence-electron chi connectivity index (χ1n) is 11.8. The molecular weight excluding hydrogens is 450 g/mol. The van der Waals surface area contributed by atoms with Crippen molar-refractivity contribution in [1.82, 2.24) is 14.7 Å². The molecule has 10 heteroatoms. The number of likely N-dealkylation sites (tertiary alicyclic amines) is 1. The first-order chi connectivity index (χ1) is 16.8. The summed E-state index contributed by atoms with van der Waals surface area (Å²) in [7, 11) is 3.03. The Morgan fingerprint density at radius 2 is 1.86 bits per heavy atom. The molecule has 4 rings (SSSR count). The van der Waals surface area contributed by atoms with Crippen molar-refractivity contribution >= 4 is 17.6 Å².